The zero-order valence-electron chi connectivity index (χ0n) is 43.0. The Morgan fingerprint density at radius 2 is 0.0952 bits per heavy atom. The van der Waals surface area contributed by atoms with Gasteiger partial charge >= 0.3 is 0 Å². The fraction of sp³-hybridized carbons (Fsp3) is 0.0238. The van der Waals surface area contributed by atoms with Crippen LogP contribution in [0.4, 0.5) is 0 Å². The van der Waals surface area contributed by atoms with Crippen LogP contribution < -0.4 is 0 Å². The standard InChI is InChI=1S/C84H6/c1-3-5-7-9-11-13-15-17-19-21-23-25-27-29-31-33-35-37-39-41-43-45-47-49-51-53-55-57-59-61-63-65-67-69-71-73-75-77-79-81-83-84-82-80-78-76-74-72-70-68-66-64-62-60-58-56-54-52-50-48-46-44-42-40-38-36-34-32-30-28-26-24-22-20-18-16-14-12-10-8-6-4-2/h1-2H3. The first-order chi connectivity index (χ1) is 41.9. The molecule has 0 rings (SSSR count). The first kappa shape index (κ1) is 66.0. The van der Waals surface area contributed by atoms with E-state index in [4.69, 9.17) is 0 Å². The summed E-state index contributed by atoms with van der Waals surface area (Å²) in [5, 5.41) is 0. The minimum Gasteiger partial charge on any atom is -0.0925 e. The molecule has 0 aliphatic heterocycles. The summed E-state index contributed by atoms with van der Waals surface area (Å²) >= 11 is 0. The molecule has 0 saturated heterocycles. The van der Waals surface area contributed by atoms with Crippen LogP contribution in [0.3, 0.4) is 0 Å². The SMILES string of the molecule is CC#CC#CC#CC#CC#CC#CC#CC#CC#CC#CC#CC#CC#CC#CC#CC#CC#CC#CC#CC#CC#CC#CC#CC#CC#CC#CC#CC#CC#CC#CC#CC#CC#CC#CC#CC#CC#CC#CC#CC#CC#CC. The highest BCUT2D eigenvalue weighted by atomic mass is 13.7. The predicted molar refractivity (Wildman–Crippen MR) is 330 cm³/mol. The molecule has 0 unspecified atom stereocenters. The Labute approximate surface area is 496 Å². The average Bonchev–Trinajstić information content (AvgIpc) is 3.50. The van der Waals surface area contributed by atoms with E-state index in [2.05, 4.69) is 485 Å². The average molecular weight is 1010 g/mol. The van der Waals surface area contributed by atoms with Crippen molar-refractivity contribution in [2.24, 2.45) is 0 Å². The zero-order valence-corrected chi connectivity index (χ0v) is 43.0. The molecule has 0 heteroatoms. The molecule has 0 aromatic heterocycles. The van der Waals surface area contributed by atoms with Gasteiger partial charge in [-0.15, -0.1) is 0 Å². The van der Waals surface area contributed by atoms with Gasteiger partial charge in [-0.05, 0) is 109 Å². The molecule has 0 aliphatic rings. The van der Waals surface area contributed by atoms with Crippen molar-refractivity contribution < 1.29 is 0 Å². The molecule has 0 aromatic carbocycles. The first-order valence-electron chi connectivity index (χ1n) is 21.2. The van der Waals surface area contributed by atoms with Gasteiger partial charge in [0.05, 0.1) is 0 Å². The molecule has 0 saturated carbocycles. The normalized spacial score (nSPS) is 3.98. The summed E-state index contributed by atoms with van der Waals surface area (Å²) in [6.45, 7) is 3.37. The van der Waals surface area contributed by atoms with Crippen molar-refractivity contribution in [3.63, 3.8) is 0 Å². The predicted octanol–water partition coefficient (Wildman–Crippen LogP) is 1.17. The molecule has 0 fully saturated rings. The van der Waals surface area contributed by atoms with Crippen LogP contribution in [0.2, 0.25) is 0 Å². The molecule has 0 aliphatic carbocycles. The minimum atomic E-state index is 1.68. The van der Waals surface area contributed by atoms with Gasteiger partial charge in [-0.2, -0.15) is 0 Å². The van der Waals surface area contributed by atoms with Crippen LogP contribution in [-0.4, -0.2) is 0 Å². The van der Waals surface area contributed by atoms with Gasteiger partial charge in [0.15, 0.2) is 0 Å². The molecular weight excluding hydrogens is 1010 g/mol. The first-order valence-corrected chi connectivity index (χ1v) is 21.2. The summed E-state index contributed by atoms with van der Waals surface area (Å²) in [5.41, 5.74) is 0. The monoisotopic (exact) mass is 1010 g/mol. The van der Waals surface area contributed by atoms with E-state index < -0.39 is 0 Å². The number of hydrogen-bond donors (Lipinski definition) is 0. The third-order valence-electron chi connectivity index (χ3n) is 5.19. The fourth-order valence-corrected chi connectivity index (χ4v) is 2.56. The Balaban J connectivity index is 4.62. The van der Waals surface area contributed by atoms with Crippen LogP contribution in [0, 0.1) is 485 Å². The van der Waals surface area contributed by atoms with Gasteiger partial charge in [0, 0.05) is 379 Å². The van der Waals surface area contributed by atoms with Gasteiger partial charge in [0.1, 0.15) is 0 Å². The van der Waals surface area contributed by atoms with Crippen molar-refractivity contribution in [2.45, 2.75) is 13.8 Å². The smallest absolute Gasteiger partial charge is 0 e. The van der Waals surface area contributed by atoms with Gasteiger partial charge in [-0.3, -0.25) is 0 Å². The van der Waals surface area contributed by atoms with Gasteiger partial charge in [0.2, 0.25) is 0 Å². The second kappa shape index (κ2) is 65.0. The third-order valence-corrected chi connectivity index (χ3v) is 5.19. The highest BCUT2D eigenvalue weighted by molar-refractivity contribution is 5.54. The lowest BCUT2D eigenvalue weighted by atomic mass is 10.4. The van der Waals surface area contributed by atoms with Crippen LogP contribution in [0.1, 0.15) is 13.8 Å². The molecular formula is C84H6. The van der Waals surface area contributed by atoms with Crippen LogP contribution in [0.15, 0.2) is 0 Å². The van der Waals surface area contributed by atoms with Crippen LogP contribution in [-0.2, 0) is 0 Å². The topological polar surface area (TPSA) is 0 Å². The van der Waals surface area contributed by atoms with E-state index in [-0.39, 0.29) is 0 Å². The van der Waals surface area contributed by atoms with E-state index in [1.165, 1.54) is 0 Å². The maximum Gasteiger partial charge on any atom is 0 e. The van der Waals surface area contributed by atoms with E-state index in [9.17, 15) is 0 Å². The molecule has 84 heavy (non-hydrogen) atoms. The van der Waals surface area contributed by atoms with Gasteiger partial charge in [-0.25, -0.2) is 0 Å². The lowest BCUT2D eigenvalue weighted by molar-refractivity contribution is 1.92. The van der Waals surface area contributed by atoms with E-state index >= 15 is 0 Å². The third kappa shape index (κ3) is 64.0. The quantitative estimate of drug-likeness (QED) is 0.321. The van der Waals surface area contributed by atoms with E-state index in [0.29, 0.717) is 0 Å². The van der Waals surface area contributed by atoms with Crippen molar-refractivity contribution in [3.8, 4) is 485 Å². The fourth-order valence-electron chi connectivity index (χ4n) is 2.56. The summed E-state index contributed by atoms with van der Waals surface area (Å²) in [5.74, 6) is 206. The molecule has 0 radical (unpaired) electrons. The molecule has 0 nitrogen and oxygen atoms in total. The molecule has 0 heterocycles. The zero-order chi connectivity index (χ0) is 60.0. The maximum atomic E-state index is 2.63. The molecule has 0 atom stereocenters. The summed E-state index contributed by atoms with van der Waals surface area (Å²) in [7, 11) is 0. The Hall–Kier alpha value is -18.0. The Bertz CT molecular complexity index is 5340. The lowest BCUT2D eigenvalue weighted by Gasteiger charge is -1.58. The molecule has 0 aromatic rings. The molecule has 342 valence electrons. The Morgan fingerprint density at radius 3 is 0.131 bits per heavy atom. The van der Waals surface area contributed by atoms with Gasteiger partial charge < -0.3 is 0 Å². The van der Waals surface area contributed by atoms with Gasteiger partial charge in [0.25, 0.3) is 0 Å². The molecule has 0 bridgehead atoms. The second-order valence-electron chi connectivity index (χ2n) is 10.5. The lowest BCUT2D eigenvalue weighted by Crippen LogP contribution is -1.57. The minimum absolute atomic E-state index is 1.68. The molecule has 0 amide bonds. The van der Waals surface area contributed by atoms with E-state index in [1.54, 1.807) is 13.8 Å². The summed E-state index contributed by atoms with van der Waals surface area (Å²) in [6.07, 6.45) is 0. The van der Waals surface area contributed by atoms with E-state index in [0.717, 1.165) is 0 Å². The number of rotatable bonds is 0. The van der Waals surface area contributed by atoms with Crippen molar-refractivity contribution >= 4 is 0 Å². The number of hydrogen-bond acceptors (Lipinski definition) is 0. The highest BCUT2D eigenvalue weighted by Crippen LogP contribution is 1.66. The van der Waals surface area contributed by atoms with Crippen LogP contribution in [0.5, 0.6) is 0 Å². The summed E-state index contributed by atoms with van der Waals surface area (Å²) in [6, 6.07) is 0. The van der Waals surface area contributed by atoms with Gasteiger partial charge in [-0.1, -0.05) is 11.8 Å². The second-order valence-corrected chi connectivity index (χ2v) is 10.5. The molecule has 0 N–H and O–H groups in total. The largest absolute Gasteiger partial charge is 0.0925 e. The Morgan fingerprint density at radius 1 is 0.0595 bits per heavy atom. The van der Waals surface area contributed by atoms with Crippen LogP contribution >= 0.6 is 0 Å². The Kier molecular flexibility index (Phi) is 51.0. The van der Waals surface area contributed by atoms with Crippen LogP contribution in [0.25, 0.3) is 0 Å². The van der Waals surface area contributed by atoms with E-state index in [1.807, 2.05) is 0 Å². The molecule has 0 spiro atoms. The summed E-state index contributed by atoms with van der Waals surface area (Å²) in [4.78, 5) is 0. The van der Waals surface area contributed by atoms with Crippen molar-refractivity contribution in [3.05, 3.63) is 0 Å². The van der Waals surface area contributed by atoms with Crippen molar-refractivity contribution in [1.82, 2.24) is 0 Å². The maximum absolute atomic E-state index is 2.63. The van der Waals surface area contributed by atoms with Crippen molar-refractivity contribution in [1.29, 1.82) is 0 Å². The van der Waals surface area contributed by atoms with Crippen molar-refractivity contribution in [2.75, 3.05) is 0 Å². The summed E-state index contributed by atoms with van der Waals surface area (Å²) < 4.78 is 0. The highest BCUT2D eigenvalue weighted by Gasteiger charge is 1.65.